The minimum Gasteiger partial charge on any atom is -0.391 e. The third-order valence-electron chi connectivity index (χ3n) is 3.14. The van der Waals surface area contributed by atoms with Gasteiger partial charge in [0.1, 0.15) is 0 Å². The Balaban J connectivity index is 2.31. The molecule has 2 unspecified atom stereocenters. The molecule has 1 aromatic carbocycles. The van der Waals surface area contributed by atoms with Gasteiger partial charge in [-0.05, 0) is 23.8 Å². The molecule has 0 aliphatic carbocycles. The lowest BCUT2D eigenvalue weighted by Gasteiger charge is -2.15. The van der Waals surface area contributed by atoms with E-state index in [-0.39, 0.29) is 11.8 Å². The maximum absolute atomic E-state index is 11.8. The minimum atomic E-state index is -0.448. The summed E-state index contributed by atoms with van der Waals surface area (Å²) in [6, 6.07) is 10.0. The summed E-state index contributed by atoms with van der Waals surface area (Å²) in [5.74, 6) is 0.637. The van der Waals surface area contributed by atoms with E-state index in [4.69, 9.17) is 0 Å². The Kier molecular flexibility index (Phi) is 6.57. The van der Waals surface area contributed by atoms with Crippen LogP contribution in [-0.4, -0.2) is 23.7 Å². The molecule has 1 rings (SSSR count). The lowest BCUT2D eigenvalue weighted by atomic mass is 9.97. The second-order valence-electron chi connectivity index (χ2n) is 5.60. The van der Waals surface area contributed by atoms with Crippen molar-refractivity contribution >= 4 is 5.91 Å². The number of aliphatic hydroxyl groups excluding tert-OH is 1. The summed E-state index contributed by atoms with van der Waals surface area (Å²) in [6.07, 6.45) is 0.725. The zero-order valence-corrected chi connectivity index (χ0v) is 12.1. The van der Waals surface area contributed by atoms with Crippen LogP contribution < -0.4 is 5.32 Å². The summed E-state index contributed by atoms with van der Waals surface area (Å²) in [7, 11) is 0. The molecule has 0 aliphatic heterocycles. The molecule has 106 valence electrons. The number of amides is 1. The Hall–Kier alpha value is -1.35. The molecule has 0 saturated heterocycles. The first-order valence-corrected chi connectivity index (χ1v) is 6.98. The summed E-state index contributed by atoms with van der Waals surface area (Å²) in [5, 5.41) is 12.5. The highest BCUT2D eigenvalue weighted by atomic mass is 16.3. The van der Waals surface area contributed by atoms with Crippen LogP contribution in [0.1, 0.15) is 45.1 Å². The van der Waals surface area contributed by atoms with Gasteiger partial charge in [-0.1, -0.05) is 51.1 Å². The monoisotopic (exact) mass is 263 g/mol. The maximum atomic E-state index is 11.8. The molecule has 0 heterocycles. The maximum Gasteiger partial charge on any atom is 0.220 e. The first-order valence-electron chi connectivity index (χ1n) is 6.98. The summed E-state index contributed by atoms with van der Waals surface area (Å²) < 4.78 is 0. The summed E-state index contributed by atoms with van der Waals surface area (Å²) in [5.41, 5.74) is 1.17. The SMILES string of the molecule is CC(C)CC(O)CNC(=O)CC(C)c1ccccc1. The van der Waals surface area contributed by atoms with E-state index < -0.39 is 6.10 Å². The molecule has 0 bridgehead atoms. The van der Waals surface area contributed by atoms with Crippen molar-refractivity contribution in [1.82, 2.24) is 5.32 Å². The third-order valence-corrected chi connectivity index (χ3v) is 3.14. The van der Waals surface area contributed by atoms with Crippen LogP contribution in [-0.2, 0) is 4.79 Å². The Morgan fingerprint density at radius 3 is 2.42 bits per heavy atom. The van der Waals surface area contributed by atoms with Gasteiger partial charge < -0.3 is 10.4 Å². The average molecular weight is 263 g/mol. The molecule has 0 radical (unpaired) electrons. The van der Waals surface area contributed by atoms with Gasteiger partial charge in [-0.25, -0.2) is 0 Å². The lowest BCUT2D eigenvalue weighted by Crippen LogP contribution is -2.33. The van der Waals surface area contributed by atoms with Crippen LogP contribution in [0.25, 0.3) is 0 Å². The quantitative estimate of drug-likeness (QED) is 0.794. The van der Waals surface area contributed by atoms with E-state index in [1.807, 2.05) is 37.3 Å². The zero-order valence-electron chi connectivity index (χ0n) is 12.1. The van der Waals surface area contributed by atoms with E-state index in [2.05, 4.69) is 19.2 Å². The number of hydrogen-bond acceptors (Lipinski definition) is 2. The number of carbonyl (C=O) groups is 1. The van der Waals surface area contributed by atoms with E-state index in [0.29, 0.717) is 25.3 Å². The van der Waals surface area contributed by atoms with E-state index >= 15 is 0 Å². The second-order valence-corrected chi connectivity index (χ2v) is 5.60. The van der Waals surface area contributed by atoms with Crippen molar-refractivity contribution in [3.8, 4) is 0 Å². The molecular weight excluding hydrogens is 238 g/mol. The molecule has 0 aliphatic rings. The molecule has 1 amide bonds. The van der Waals surface area contributed by atoms with E-state index in [9.17, 15) is 9.90 Å². The second kappa shape index (κ2) is 7.95. The standard InChI is InChI=1S/C16H25NO2/c1-12(2)9-15(18)11-17-16(19)10-13(3)14-7-5-4-6-8-14/h4-8,12-13,15,18H,9-11H2,1-3H3,(H,17,19). The molecule has 3 heteroatoms. The van der Waals surface area contributed by atoms with Crippen molar-refractivity contribution in [2.75, 3.05) is 6.54 Å². The van der Waals surface area contributed by atoms with Crippen molar-refractivity contribution in [1.29, 1.82) is 0 Å². The summed E-state index contributed by atoms with van der Waals surface area (Å²) in [4.78, 5) is 11.8. The molecular formula is C16H25NO2. The smallest absolute Gasteiger partial charge is 0.220 e. The van der Waals surface area contributed by atoms with Gasteiger partial charge in [-0.3, -0.25) is 4.79 Å². The topological polar surface area (TPSA) is 49.3 Å². The Labute approximate surface area is 116 Å². The van der Waals surface area contributed by atoms with Crippen LogP contribution >= 0.6 is 0 Å². The van der Waals surface area contributed by atoms with Gasteiger partial charge in [0.15, 0.2) is 0 Å². The van der Waals surface area contributed by atoms with Gasteiger partial charge in [0.25, 0.3) is 0 Å². The number of aliphatic hydroxyl groups is 1. The third kappa shape index (κ3) is 6.39. The predicted molar refractivity (Wildman–Crippen MR) is 77.9 cm³/mol. The van der Waals surface area contributed by atoms with Crippen molar-refractivity contribution in [2.45, 2.75) is 45.6 Å². The largest absolute Gasteiger partial charge is 0.391 e. The highest BCUT2D eigenvalue weighted by molar-refractivity contribution is 5.76. The van der Waals surface area contributed by atoms with E-state index in [0.717, 1.165) is 0 Å². The predicted octanol–water partition coefficient (Wildman–Crippen LogP) is 2.70. The van der Waals surface area contributed by atoms with Crippen LogP contribution in [0, 0.1) is 5.92 Å². The van der Waals surface area contributed by atoms with Gasteiger partial charge in [0.2, 0.25) is 5.91 Å². The van der Waals surface area contributed by atoms with Gasteiger partial charge >= 0.3 is 0 Å². The highest BCUT2D eigenvalue weighted by Gasteiger charge is 2.13. The Bertz CT molecular complexity index is 376. The molecule has 1 aromatic rings. The van der Waals surface area contributed by atoms with Crippen LogP contribution in [0.15, 0.2) is 30.3 Å². The van der Waals surface area contributed by atoms with E-state index in [1.165, 1.54) is 5.56 Å². The average Bonchev–Trinajstić information content (AvgIpc) is 2.36. The molecule has 3 nitrogen and oxygen atoms in total. The summed E-state index contributed by atoms with van der Waals surface area (Å²) >= 11 is 0. The number of nitrogens with one attached hydrogen (secondary N) is 1. The van der Waals surface area contributed by atoms with Gasteiger partial charge in [0, 0.05) is 13.0 Å². The van der Waals surface area contributed by atoms with Crippen molar-refractivity contribution in [3.63, 3.8) is 0 Å². The molecule has 0 saturated carbocycles. The van der Waals surface area contributed by atoms with Crippen LogP contribution in [0.5, 0.6) is 0 Å². The van der Waals surface area contributed by atoms with Crippen LogP contribution in [0.2, 0.25) is 0 Å². The molecule has 2 N–H and O–H groups in total. The molecule has 19 heavy (non-hydrogen) atoms. The minimum absolute atomic E-state index is 0.000779. The van der Waals surface area contributed by atoms with E-state index in [1.54, 1.807) is 0 Å². The first kappa shape index (κ1) is 15.7. The molecule has 0 aromatic heterocycles. The van der Waals surface area contributed by atoms with Gasteiger partial charge in [0.05, 0.1) is 6.10 Å². The normalized spacial score (nSPS) is 14.2. The molecule has 0 fully saturated rings. The van der Waals surface area contributed by atoms with Gasteiger partial charge in [-0.15, -0.1) is 0 Å². The molecule has 2 atom stereocenters. The fourth-order valence-electron chi connectivity index (χ4n) is 2.11. The number of rotatable bonds is 7. The Morgan fingerprint density at radius 2 is 1.84 bits per heavy atom. The summed E-state index contributed by atoms with van der Waals surface area (Å²) in [6.45, 7) is 6.50. The highest BCUT2D eigenvalue weighted by Crippen LogP contribution is 2.18. The van der Waals surface area contributed by atoms with Crippen LogP contribution in [0.4, 0.5) is 0 Å². The molecule has 0 spiro atoms. The van der Waals surface area contributed by atoms with Crippen molar-refractivity contribution in [2.24, 2.45) is 5.92 Å². The van der Waals surface area contributed by atoms with Crippen LogP contribution in [0.3, 0.4) is 0 Å². The fourth-order valence-corrected chi connectivity index (χ4v) is 2.11. The number of benzene rings is 1. The Morgan fingerprint density at radius 1 is 1.21 bits per heavy atom. The zero-order chi connectivity index (χ0) is 14.3. The fraction of sp³-hybridized carbons (Fsp3) is 0.562. The lowest BCUT2D eigenvalue weighted by molar-refractivity contribution is -0.121. The van der Waals surface area contributed by atoms with Gasteiger partial charge in [-0.2, -0.15) is 0 Å². The van der Waals surface area contributed by atoms with Crippen molar-refractivity contribution < 1.29 is 9.90 Å². The van der Waals surface area contributed by atoms with Crippen molar-refractivity contribution in [3.05, 3.63) is 35.9 Å². The number of hydrogen-bond donors (Lipinski definition) is 2. The first-order chi connectivity index (χ1) is 8.99. The number of carbonyl (C=O) groups excluding carboxylic acids is 1.